The molecule has 0 aromatic heterocycles. The van der Waals surface area contributed by atoms with Crippen LogP contribution < -0.4 is 11.1 Å². The van der Waals surface area contributed by atoms with E-state index in [1.54, 1.807) is 36.4 Å². The Morgan fingerprint density at radius 1 is 1.24 bits per heavy atom. The van der Waals surface area contributed by atoms with Gasteiger partial charge in [0.25, 0.3) is 5.91 Å². The number of amides is 1. The number of halogens is 1. The molecule has 0 atom stereocenters. The van der Waals surface area contributed by atoms with E-state index in [1.165, 1.54) is 6.07 Å². The Balaban J connectivity index is 2.26. The largest absolute Gasteiger partial charge is 0.507 e. The molecule has 7 heteroatoms. The molecule has 1 amide bonds. The minimum absolute atomic E-state index is 0.0526. The first-order valence-corrected chi connectivity index (χ1v) is 6.97. The van der Waals surface area contributed by atoms with E-state index in [-0.39, 0.29) is 17.1 Å². The number of hydrogen-bond donors (Lipinski definition) is 4. The van der Waals surface area contributed by atoms with Crippen LogP contribution in [-0.4, -0.2) is 22.1 Å². The molecule has 2 rings (SSSR count). The molecule has 2 aromatic rings. The third kappa shape index (κ3) is 3.63. The Labute approximate surface area is 134 Å². The van der Waals surface area contributed by atoms with Gasteiger partial charge < -0.3 is 21.4 Å². The van der Waals surface area contributed by atoms with Gasteiger partial charge >= 0.3 is 0 Å². The maximum absolute atomic E-state index is 12.2. The van der Waals surface area contributed by atoms with Gasteiger partial charge in [-0.2, -0.15) is 0 Å². The summed E-state index contributed by atoms with van der Waals surface area (Å²) >= 11 is 2.05. The van der Waals surface area contributed by atoms with Crippen molar-refractivity contribution in [2.75, 3.05) is 5.32 Å². The van der Waals surface area contributed by atoms with Crippen molar-refractivity contribution in [3.63, 3.8) is 0 Å². The van der Waals surface area contributed by atoms with Gasteiger partial charge in [0.05, 0.1) is 5.56 Å². The highest BCUT2D eigenvalue weighted by Gasteiger charge is 2.12. The van der Waals surface area contributed by atoms with Crippen LogP contribution in [0.3, 0.4) is 0 Å². The molecule has 0 fully saturated rings. The van der Waals surface area contributed by atoms with Crippen LogP contribution in [0.1, 0.15) is 15.9 Å². The number of aromatic hydroxyl groups is 1. The number of amidine groups is 1. The molecule has 0 aliphatic carbocycles. The molecule has 0 unspecified atom stereocenters. The highest BCUT2D eigenvalue weighted by Crippen LogP contribution is 2.21. The lowest BCUT2D eigenvalue weighted by Crippen LogP contribution is -2.15. The molecule has 0 radical (unpaired) electrons. The number of benzene rings is 2. The fraction of sp³-hybridized carbons (Fsp3) is 0. The molecule has 0 heterocycles. The lowest BCUT2D eigenvalue weighted by Gasteiger charge is -2.08. The summed E-state index contributed by atoms with van der Waals surface area (Å²) < 4.78 is 0.834. The number of carbonyl (C=O) groups is 1. The van der Waals surface area contributed by atoms with Crippen LogP contribution in [0.25, 0.3) is 0 Å². The summed E-state index contributed by atoms with van der Waals surface area (Å²) in [6.45, 7) is 0. The molecule has 2 aromatic carbocycles. The summed E-state index contributed by atoms with van der Waals surface area (Å²) in [6, 6.07) is 11.3. The monoisotopic (exact) mass is 397 g/mol. The van der Waals surface area contributed by atoms with Gasteiger partial charge in [0.1, 0.15) is 5.75 Å². The third-order valence-electron chi connectivity index (χ3n) is 2.73. The number of phenolic OH excluding ortho intramolecular Hbond substituents is 1. The topological polar surface area (TPSA) is 108 Å². The summed E-state index contributed by atoms with van der Waals surface area (Å²) in [6.07, 6.45) is 0. The van der Waals surface area contributed by atoms with E-state index in [9.17, 15) is 9.90 Å². The Morgan fingerprint density at radius 2 is 2.00 bits per heavy atom. The molecular weight excluding hydrogens is 385 g/mol. The van der Waals surface area contributed by atoms with Crippen molar-refractivity contribution in [3.8, 4) is 5.75 Å². The molecule has 0 saturated heterocycles. The molecule has 0 saturated carbocycles. The summed E-state index contributed by atoms with van der Waals surface area (Å²) in [5, 5.41) is 23.9. The zero-order chi connectivity index (χ0) is 15.4. The first kappa shape index (κ1) is 15.1. The molecule has 0 bridgehead atoms. The van der Waals surface area contributed by atoms with E-state index in [0.29, 0.717) is 11.3 Å². The average Bonchev–Trinajstić information content (AvgIpc) is 2.49. The van der Waals surface area contributed by atoms with Gasteiger partial charge in [-0.3, -0.25) is 4.79 Å². The van der Waals surface area contributed by atoms with Gasteiger partial charge in [-0.15, -0.1) is 0 Å². The molecule has 108 valence electrons. The maximum Gasteiger partial charge on any atom is 0.259 e. The second-order valence-electron chi connectivity index (χ2n) is 4.18. The molecule has 0 aliphatic heterocycles. The van der Waals surface area contributed by atoms with Crippen molar-refractivity contribution in [2.45, 2.75) is 0 Å². The number of nitrogens with two attached hydrogens (primary N) is 1. The van der Waals surface area contributed by atoms with Crippen molar-refractivity contribution in [1.29, 1.82) is 0 Å². The van der Waals surface area contributed by atoms with Crippen molar-refractivity contribution in [1.82, 2.24) is 0 Å². The van der Waals surface area contributed by atoms with E-state index in [2.05, 4.69) is 33.1 Å². The number of nitrogens with one attached hydrogen (secondary N) is 1. The lowest BCUT2D eigenvalue weighted by molar-refractivity contribution is 0.102. The highest BCUT2D eigenvalue weighted by atomic mass is 127. The van der Waals surface area contributed by atoms with Crippen molar-refractivity contribution in [3.05, 3.63) is 57.2 Å². The van der Waals surface area contributed by atoms with E-state index < -0.39 is 5.91 Å². The number of oxime groups is 1. The van der Waals surface area contributed by atoms with E-state index in [0.717, 1.165) is 3.57 Å². The Kier molecular flexibility index (Phi) is 4.63. The fourth-order valence-corrected chi connectivity index (χ4v) is 2.19. The molecule has 6 nitrogen and oxygen atoms in total. The summed E-state index contributed by atoms with van der Waals surface area (Å²) in [5.74, 6) is -0.591. The van der Waals surface area contributed by atoms with Crippen LogP contribution in [0.4, 0.5) is 5.69 Å². The molecule has 5 N–H and O–H groups in total. The number of phenols is 1. The molecule has 21 heavy (non-hydrogen) atoms. The van der Waals surface area contributed by atoms with Gasteiger partial charge in [-0.05, 0) is 52.9 Å². The number of carbonyl (C=O) groups excluding carboxylic acids is 1. The molecule has 0 aliphatic rings. The minimum Gasteiger partial charge on any atom is -0.507 e. The molecular formula is C14H12IN3O3. The van der Waals surface area contributed by atoms with Crippen LogP contribution in [0.2, 0.25) is 0 Å². The number of rotatable bonds is 3. The van der Waals surface area contributed by atoms with E-state index in [1.807, 2.05) is 0 Å². The van der Waals surface area contributed by atoms with Crippen molar-refractivity contribution >= 4 is 40.0 Å². The smallest absolute Gasteiger partial charge is 0.259 e. The van der Waals surface area contributed by atoms with Gasteiger partial charge in [0.2, 0.25) is 0 Å². The zero-order valence-corrected chi connectivity index (χ0v) is 12.9. The first-order valence-electron chi connectivity index (χ1n) is 5.89. The predicted molar refractivity (Wildman–Crippen MR) is 87.7 cm³/mol. The van der Waals surface area contributed by atoms with E-state index in [4.69, 9.17) is 10.9 Å². The summed E-state index contributed by atoms with van der Waals surface area (Å²) in [5.41, 5.74) is 6.62. The third-order valence-corrected chi connectivity index (χ3v) is 3.40. The van der Waals surface area contributed by atoms with Crippen LogP contribution in [0, 0.1) is 3.57 Å². The second kappa shape index (κ2) is 6.44. The maximum atomic E-state index is 12.2. The second-order valence-corrected chi connectivity index (χ2v) is 5.43. The van der Waals surface area contributed by atoms with Crippen molar-refractivity contribution in [2.24, 2.45) is 10.9 Å². The van der Waals surface area contributed by atoms with Gasteiger partial charge in [0, 0.05) is 14.8 Å². The quantitative estimate of drug-likeness (QED) is 0.210. The van der Waals surface area contributed by atoms with Crippen LogP contribution >= 0.6 is 22.6 Å². The molecule has 0 spiro atoms. The standard InChI is InChI=1S/C14H12IN3O3/c15-9-4-5-12(19)11(7-9)14(20)17-10-3-1-2-8(6-10)13(16)18-21/h1-7,19,21H,(H2,16,18)(H,17,20). The Hall–Kier alpha value is -2.29. The number of anilines is 1. The lowest BCUT2D eigenvalue weighted by atomic mass is 10.1. The van der Waals surface area contributed by atoms with E-state index >= 15 is 0 Å². The highest BCUT2D eigenvalue weighted by molar-refractivity contribution is 14.1. The van der Waals surface area contributed by atoms with Crippen molar-refractivity contribution < 1.29 is 15.1 Å². The van der Waals surface area contributed by atoms with Crippen LogP contribution in [0.15, 0.2) is 47.6 Å². The van der Waals surface area contributed by atoms with Gasteiger partial charge in [0.15, 0.2) is 5.84 Å². The zero-order valence-electron chi connectivity index (χ0n) is 10.7. The Morgan fingerprint density at radius 3 is 2.71 bits per heavy atom. The summed E-state index contributed by atoms with van der Waals surface area (Å²) in [7, 11) is 0. The number of nitrogens with zero attached hydrogens (tertiary/aromatic N) is 1. The summed E-state index contributed by atoms with van der Waals surface area (Å²) in [4.78, 5) is 12.2. The fourth-order valence-electron chi connectivity index (χ4n) is 1.70. The SMILES string of the molecule is N/C(=N/O)c1cccc(NC(=O)c2cc(I)ccc2O)c1. The normalized spacial score (nSPS) is 11.2. The number of hydrogen-bond acceptors (Lipinski definition) is 4. The van der Waals surface area contributed by atoms with Crippen LogP contribution in [0.5, 0.6) is 5.75 Å². The first-order chi connectivity index (χ1) is 10.0. The Bertz CT molecular complexity index is 716. The minimum atomic E-state index is -0.442. The van der Waals surface area contributed by atoms with Crippen LogP contribution in [-0.2, 0) is 0 Å². The average molecular weight is 397 g/mol. The predicted octanol–water partition coefficient (Wildman–Crippen LogP) is 2.34. The van der Waals surface area contributed by atoms with Gasteiger partial charge in [-0.25, -0.2) is 0 Å². The van der Waals surface area contributed by atoms with Gasteiger partial charge in [-0.1, -0.05) is 17.3 Å².